The van der Waals surface area contributed by atoms with E-state index in [-0.39, 0.29) is 5.56 Å². The number of hydrogen-bond acceptors (Lipinski definition) is 6. The van der Waals surface area contributed by atoms with Crippen LogP contribution in [0.3, 0.4) is 0 Å². The van der Waals surface area contributed by atoms with E-state index < -0.39 is 18.0 Å². The van der Waals surface area contributed by atoms with Gasteiger partial charge >= 0.3 is 5.97 Å². The van der Waals surface area contributed by atoms with Crippen LogP contribution < -0.4 is 10.1 Å². The van der Waals surface area contributed by atoms with Crippen LogP contribution in [0.15, 0.2) is 103 Å². The first-order valence-electron chi connectivity index (χ1n) is 12.7. The fourth-order valence-corrected chi connectivity index (χ4v) is 4.10. The topological polar surface area (TPSA) is 90.4 Å². The number of ether oxygens (including phenoxy) is 2. The molecular formula is C32H27N3O4. The van der Waals surface area contributed by atoms with Crippen LogP contribution in [0.5, 0.6) is 5.75 Å². The van der Waals surface area contributed by atoms with Crippen LogP contribution in [0, 0.1) is 0 Å². The number of hydrogen-bond donors (Lipinski definition) is 1. The zero-order valence-corrected chi connectivity index (χ0v) is 21.6. The number of amides is 1. The summed E-state index contributed by atoms with van der Waals surface area (Å²) in [5.41, 5.74) is 5.38. The molecule has 194 valence electrons. The van der Waals surface area contributed by atoms with Crippen LogP contribution in [0.25, 0.3) is 33.5 Å². The molecule has 7 heteroatoms. The monoisotopic (exact) mass is 517 g/mol. The van der Waals surface area contributed by atoms with E-state index in [0.717, 1.165) is 16.8 Å². The maximum absolute atomic E-state index is 12.9. The standard InChI is InChI=1S/C32H27N3O4/c1-3-38-26-17-15-25(16-18-26)33-31(36)21(2)39-32(37)24-14-19-27-28(20-24)35-30(23-12-8-5-9-13-23)29(34-27)22-10-6-4-7-11-22/h4-21H,3H2,1-2H3,(H,33,36). The number of nitrogens with zero attached hydrogens (tertiary/aromatic N) is 2. The second kappa shape index (κ2) is 11.6. The van der Waals surface area contributed by atoms with Gasteiger partial charge < -0.3 is 14.8 Å². The highest BCUT2D eigenvalue weighted by Gasteiger charge is 2.20. The number of carbonyl (C=O) groups is 2. The Morgan fingerprint density at radius 3 is 1.95 bits per heavy atom. The van der Waals surface area contributed by atoms with Crippen molar-refractivity contribution in [2.24, 2.45) is 0 Å². The first kappa shape index (κ1) is 25.6. The number of rotatable bonds is 8. The fraction of sp³-hybridized carbons (Fsp3) is 0.125. The molecule has 1 atom stereocenters. The highest BCUT2D eigenvalue weighted by atomic mass is 16.5. The summed E-state index contributed by atoms with van der Waals surface area (Å²) in [6, 6.07) is 31.7. The van der Waals surface area contributed by atoms with Crippen molar-refractivity contribution in [2.75, 3.05) is 11.9 Å². The Labute approximate surface area is 226 Å². The van der Waals surface area contributed by atoms with Crippen molar-refractivity contribution >= 4 is 28.6 Å². The van der Waals surface area contributed by atoms with Gasteiger partial charge in [0.15, 0.2) is 6.10 Å². The van der Waals surface area contributed by atoms with Gasteiger partial charge in [0.25, 0.3) is 5.91 Å². The molecule has 0 fully saturated rings. The molecule has 1 unspecified atom stereocenters. The van der Waals surface area contributed by atoms with E-state index in [0.29, 0.717) is 34.8 Å². The SMILES string of the molecule is CCOc1ccc(NC(=O)C(C)OC(=O)c2ccc3nc(-c4ccccc4)c(-c4ccccc4)nc3c2)cc1. The highest BCUT2D eigenvalue weighted by Crippen LogP contribution is 2.31. The molecule has 0 aliphatic carbocycles. The lowest BCUT2D eigenvalue weighted by Gasteiger charge is -2.14. The smallest absolute Gasteiger partial charge is 0.338 e. The van der Waals surface area contributed by atoms with Crippen molar-refractivity contribution in [3.05, 3.63) is 109 Å². The van der Waals surface area contributed by atoms with Gasteiger partial charge in [0.2, 0.25) is 0 Å². The Balaban J connectivity index is 1.37. The predicted molar refractivity (Wildman–Crippen MR) is 152 cm³/mol. The maximum atomic E-state index is 12.9. The molecular weight excluding hydrogens is 490 g/mol. The van der Waals surface area contributed by atoms with E-state index in [4.69, 9.17) is 19.4 Å². The van der Waals surface area contributed by atoms with Gasteiger partial charge in [-0.2, -0.15) is 0 Å². The third-order valence-corrected chi connectivity index (χ3v) is 6.08. The van der Waals surface area contributed by atoms with Crippen molar-refractivity contribution in [3.63, 3.8) is 0 Å². The van der Waals surface area contributed by atoms with Crippen LogP contribution in [0.2, 0.25) is 0 Å². The Hall–Kier alpha value is -5.04. The quantitative estimate of drug-likeness (QED) is 0.235. The fourth-order valence-electron chi connectivity index (χ4n) is 4.10. The molecule has 0 aliphatic heterocycles. The first-order chi connectivity index (χ1) is 19.0. The molecule has 5 rings (SSSR count). The summed E-state index contributed by atoms with van der Waals surface area (Å²) in [5, 5.41) is 2.75. The zero-order valence-electron chi connectivity index (χ0n) is 21.6. The van der Waals surface area contributed by atoms with Gasteiger partial charge in [-0.25, -0.2) is 14.8 Å². The second-order valence-corrected chi connectivity index (χ2v) is 8.85. The van der Waals surface area contributed by atoms with Gasteiger partial charge in [0.05, 0.1) is 34.6 Å². The maximum Gasteiger partial charge on any atom is 0.338 e. The van der Waals surface area contributed by atoms with E-state index in [1.807, 2.05) is 67.6 Å². The van der Waals surface area contributed by atoms with Crippen LogP contribution in [0.4, 0.5) is 5.69 Å². The summed E-state index contributed by atoms with van der Waals surface area (Å²) in [6.07, 6.45) is -1.01. The van der Waals surface area contributed by atoms with Crippen LogP contribution in [-0.4, -0.2) is 34.6 Å². The van der Waals surface area contributed by atoms with E-state index in [1.165, 1.54) is 6.92 Å². The van der Waals surface area contributed by atoms with Crippen molar-refractivity contribution in [3.8, 4) is 28.3 Å². The molecule has 7 nitrogen and oxygen atoms in total. The van der Waals surface area contributed by atoms with Crippen LogP contribution in [0.1, 0.15) is 24.2 Å². The Kier molecular flexibility index (Phi) is 7.59. The summed E-state index contributed by atoms with van der Waals surface area (Å²) in [5.74, 6) is -0.353. The van der Waals surface area contributed by atoms with Gasteiger partial charge in [-0.05, 0) is 56.3 Å². The molecule has 5 aromatic rings. The summed E-state index contributed by atoms with van der Waals surface area (Å²) in [6.45, 7) is 3.99. The Morgan fingerprint density at radius 2 is 1.36 bits per heavy atom. The molecule has 1 heterocycles. The third kappa shape index (κ3) is 5.93. The average molecular weight is 518 g/mol. The van der Waals surface area contributed by atoms with E-state index >= 15 is 0 Å². The van der Waals surface area contributed by atoms with Crippen molar-refractivity contribution in [1.82, 2.24) is 9.97 Å². The first-order valence-corrected chi connectivity index (χ1v) is 12.7. The highest BCUT2D eigenvalue weighted by molar-refractivity contribution is 5.99. The molecule has 0 saturated carbocycles. The Bertz CT molecular complexity index is 1600. The largest absolute Gasteiger partial charge is 0.494 e. The molecule has 4 aromatic carbocycles. The van der Waals surface area contributed by atoms with Gasteiger partial charge in [0.1, 0.15) is 5.75 Å². The zero-order chi connectivity index (χ0) is 27.2. The van der Waals surface area contributed by atoms with E-state index in [2.05, 4.69) is 5.32 Å². The normalized spacial score (nSPS) is 11.5. The summed E-state index contributed by atoms with van der Waals surface area (Å²) in [4.78, 5) is 35.4. The molecule has 1 amide bonds. The molecule has 1 N–H and O–H groups in total. The molecule has 0 saturated heterocycles. The van der Waals surface area contributed by atoms with Gasteiger partial charge in [-0.15, -0.1) is 0 Å². The number of fused-ring (bicyclic) bond motifs is 1. The number of esters is 1. The predicted octanol–water partition coefficient (Wildman–Crippen LogP) is 6.55. The van der Waals surface area contributed by atoms with Crippen LogP contribution in [-0.2, 0) is 9.53 Å². The minimum atomic E-state index is -1.01. The number of benzene rings is 4. The molecule has 0 radical (unpaired) electrons. The summed E-state index contributed by atoms with van der Waals surface area (Å²) in [7, 11) is 0. The Morgan fingerprint density at radius 1 is 0.769 bits per heavy atom. The lowest BCUT2D eigenvalue weighted by Crippen LogP contribution is -2.30. The minimum absolute atomic E-state index is 0.281. The van der Waals surface area contributed by atoms with Crippen LogP contribution >= 0.6 is 0 Å². The molecule has 0 spiro atoms. The van der Waals surface area contributed by atoms with Gasteiger partial charge in [-0.1, -0.05) is 60.7 Å². The number of anilines is 1. The lowest BCUT2D eigenvalue weighted by atomic mass is 10.0. The van der Waals surface area contributed by atoms with Gasteiger partial charge in [-0.3, -0.25) is 4.79 Å². The second-order valence-electron chi connectivity index (χ2n) is 8.85. The third-order valence-electron chi connectivity index (χ3n) is 6.08. The molecule has 0 bridgehead atoms. The van der Waals surface area contributed by atoms with Gasteiger partial charge in [0, 0.05) is 16.8 Å². The summed E-state index contributed by atoms with van der Waals surface area (Å²) < 4.78 is 10.9. The van der Waals surface area contributed by atoms with Crippen molar-refractivity contribution in [1.29, 1.82) is 0 Å². The molecule has 1 aromatic heterocycles. The van der Waals surface area contributed by atoms with Crippen molar-refractivity contribution < 1.29 is 19.1 Å². The minimum Gasteiger partial charge on any atom is -0.494 e. The average Bonchev–Trinajstić information content (AvgIpc) is 2.98. The number of aromatic nitrogens is 2. The van der Waals surface area contributed by atoms with E-state index in [1.54, 1.807) is 42.5 Å². The van der Waals surface area contributed by atoms with Crippen molar-refractivity contribution in [2.45, 2.75) is 20.0 Å². The number of carbonyl (C=O) groups excluding carboxylic acids is 2. The van der Waals surface area contributed by atoms with E-state index in [9.17, 15) is 9.59 Å². The number of nitrogens with one attached hydrogen (secondary N) is 1. The summed E-state index contributed by atoms with van der Waals surface area (Å²) >= 11 is 0. The lowest BCUT2D eigenvalue weighted by molar-refractivity contribution is -0.123. The molecule has 0 aliphatic rings. The molecule has 39 heavy (non-hydrogen) atoms.